The van der Waals surface area contributed by atoms with Crippen LogP contribution in [0, 0.1) is 0 Å². The Hall–Kier alpha value is -2.16. The van der Waals surface area contributed by atoms with Crippen molar-refractivity contribution in [2.45, 2.75) is 44.6 Å². The summed E-state index contributed by atoms with van der Waals surface area (Å²) in [6.07, 6.45) is 6.61. The lowest BCUT2D eigenvalue weighted by Crippen LogP contribution is -2.39. The van der Waals surface area contributed by atoms with Gasteiger partial charge in [-0.05, 0) is 32.6 Å². The number of carbonyl (C=O) groups excluding carboxylic acids is 2. The molecule has 1 aromatic carbocycles. The van der Waals surface area contributed by atoms with E-state index < -0.39 is 5.78 Å². The number of rotatable bonds is 0. The highest BCUT2D eigenvalue weighted by Gasteiger charge is 2.43. The van der Waals surface area contributed by atoms with Crippen LogP contribution in [-0.2, 0) is 9.53 Å². The zero-order valence-corrected chi connectivity index (χ0v) is 12.6. The SMILES string of the molecule is CC1=CCC2(CC1)CCC1=C(O2)c2ccccc2C(=O)C1=O. The van der Waals surface area contributed by atoms with Gasteiger partial charge in [0.25, 0.3) is 0 Å². The average molecular weight is 294 g/mol. The van der Waals surface area contributed by atoms with Crippen LogP contribution in [0.3, 0.4) is 0 Å². The van der Waals surface area contributed by atoms with Crippen LogP contribution in [0.5, 0.6) is 0 Å². The van der Waals surface area contributed by atoms with Crippen LogP contribution in [-0.4, -0.2) is 17.2 Å². The maximum absolute atomic E-state index is 12.3. The van der Waals surface area contributed by atoms with Crippen LogP contribution in [0.15, 0.2) is 41.5 Å². The van der Waals surface area contributed by atoms with E-state index in [-0.39, 0.29) is 11.4 Å². The molecule has 1 atom stereocenters. The smallest absolute Gasteiger partial charge is 0.234 e. The molecule has 1 aliphatic heterocycles. The van der Waals surface area contributed by atoms with E-state index in [1.54, 1.807) is 12.1 Å². The van der Waals surface area contributed by atoms with Gasteiger partial charge in [-0.25, -0.2) is 0 Å². The number of Topliss-reactive ketones (excluding diaryl/α,β-unsaturated/α-hetero) is 2. The maximum atomic E-state index is 12.3. The van der Waals surface area contributed by atoms with Gasteiger partial charge in [0, 0.05) is 23.1 Å². The number of ketones is 2. The molecule has 1 aromatic rings. The molecule has 0 bridgehead atoms. The first-order valence-electron chi connectivity index (χ1n) is 7.86. The largest absolute Gasteiger partial charge is 0.486 e. The summed E-state index contributed by atoms with van der Waals surface area (Å²) < 4.78 is 6.37. The number of carbonyl (C=O) groups is 2. The zero-order chi connectivity index (χ0) is 15.3. The third kappa shape index (κ3) is 1.88. The molecule has 112 valence electrons. The van der Waals surface area contributed by atoms with Crippen LogP contribution in [0.1, 0.15) is 54.9 Å². The number of allylic oxidation sites excluding steroid dienone is 2. The Morgan fingerprint density at radius 1 is 1.00 bits per heavy atom. The van der Waals surface area contributed by atoms with Gasteiger partial charge in [-0.2, -0.15) is 0 Å². The summed E-state index contributed by atoms with van der Waals surface area (Å²) in [6.45, 7) is 2.15. The fourth-order valence-corrected chi connectivity index (χ4v) is 3.68. The Labute approximate surface area is 129 Å². The fourth-order valence-electron chi connectivity index (χ4n) is 3.68. The molecule has 1 heterocycles. The maximum Gasteiger partial charge on any atom is 0.234 e. The first kappa shape index (κ1) is 13.5. The fraction of sp³-hybridized carbons (Fsp3) is 0.368. The molecule has 4 rings (SSSR count). The molecule has 3 aliphatic rings. The summed E-state index contributed by atoms with van der Waals surface area (Å²) in [5, 5.41) is 0. The lowest BCUT2D eigenvalue weighted by molar-refractivity contribution is -0.112. The molecule has 0 N–H and O–H groups in total. The highest BCUT2D eigenvalue weighted by atomic mass is 16.5. The van der Waals surface area contributed by atoms with Crippen LogP contribution in [0.25, 0.3) is 5.76 Å². The summed E-state index contributed by atoms with van der Waals surface area (Å²) in [6, 6.07) is 7.29. The Morgan fingerprint density at radius 2 is 1.73 bits per heavy atom. The highest BCUT2D eigenvalue weighted by molar-refractivity contribution is 6.52. The molecule has 0 fully saturated rings. The number of hydrogen-bond donors (Lipinski definition) is 0. The molecule has 0 saturated carbocycles. The van der Waals surface area contributed by atoms with Gasteiger partial charge in [0.05, 0.1) is 0 Å². The molecule has 1 unspecified atom stereocenters. The van der Waals surface area contributed by atoms with Gasteiger partial charge in [-0.15, -0.1) is 0 Å². The molecule has 2 aliphatic carbocycles. The van der Waals surface area contributed by atoms with Crippen molar-refractivity contribution in [2.24, 2.45) is 0 Å². The van der Waals surface area contributed by atoms with Gasteiger partial charge in [0.2, 0.25) is 11.6 Å². The van der Waals surface area contributed by atoms with Crippen molar-refractivity contribution in [1.82, 2.24) is 0 Å². The molecule has 3 nitrogen and oxygen atoms in total. The molecular formula is C19H18O3. The highest BCUT2D eigenvalue weighted by Crippen LogP contribution is 2.46. The molecule has 1 spiro atoms. The van der Waals surface area contributed by atoms with Crippen molar-refractivity contribution in [3.63, 3.8) is 0 Å². The van der Waals surface area contributed by atoms with Crippen molar-refractivity contribution in [3.05, 3.63) is 52.6 Å². The third-order valence-corrected chi connectivity index (χ3v) is 5.12. The summed E-state index contributed by atoms with van der Waals surface area (Å²) in [5.74, 6) is -0.126. The minimum Gasteiger partial charge on any atom is -0.486 e. The van der Waals surface area contributed by atoms with Gasteiger partial charge in [-0.3, -0.25) is 9.59 Å². The van der Waals surface area contributed by atoms with Gasteiger partial charge < -0.3 is 4.74 Å². The summed E-state index contributed by atoms with van der Waals surface area (Å²) in [4.78, 5) is 24.6. The van der Waals surface area contributed by atoms with Gasteiger partial charge in [-0.1, -0.05) is 35.9 Å². The first-order chi connectivity index (χ1) is 10.6. The lowest BCUT2D eigenvalue weighted by Gasteiger charge is -2.42. The van der Waals surface area contributed by atoms with Crippen molar-refractivity contribution < 1.29 is 14.3 Å². The minimum absolute atomic E-state index is 0.202. The second-order valence-electron chi connectivity index (χ2n) is 6.55. The standard InChI is InChI=1S/C19H18O3/c1-12-6-9-19(10-7-12)11-8-15-17(21)16(20)13-4-2-3-5-14(13)18(15)22-19/h2-6H,7-11H2,1H3. The molecule has 0 radical (unpaired) electrons. The second kappa shape index (κ2) is 4.67. The van der Waals surface area contributed by atoms with Crippen molar-refractivity contribution in [2.75, 3.05) is 0 Å². The van der Waals surface area contributed by atoms with E-state index in [1.807, 2.05) is 12.1 Å². The monoisotopic (exact) mass is 294 g/mol. The minimum atomic E-state index is -0.395. The molecule has 22 heavy (non-hydrogen) atoms. The second-order valence-corrected chi connectivity index (χ2v) is 6.55. The predicted molar refractivity (Wildman–Crippen MR) is 83.4 cm³/mol. The zero-order valence-electron chi connectivity index (χ0n) is 12.6. The van der Waals surface area contributed by atoms with Crippen LogP contribution >= 0.6 is 0 Å². The van der Waals surface area contributed by atoms with E-state index in [1.165, 1.54) is 5.57 Å². The van der Waals surface area contributed by atoms with E-state index >= 15 is 0 Å². The van der Waals surface area contributed by atoms with Crippen LogP contribution in [0.4, 0.5) is 0 Å². The number of ether oxygens (including phenoxy) is 1. The van der Waals surface area contributed by atoms with E-state index in [0.717, 1.165) is 31.2 Å². The van der Waals surface area contributed by atoms with Crippen LogP contribution < -0.4 is 0 Å². The van der Waals surface area contributed by atoms with Gasteiger partial charge in [0.1, 0.15) is 11.4 Å². The van der Waals surface area contributed by atoms with Crippen molar-refractivity contribution in [3.8, 4) is 0 Å². The normalized spacial score (nSPS) is 27.2. The first-order valence-corrected chi connectivity index (χ1v) is 7.86. The van der Waals surface area contributed by atoms with Gasteiger partial charge in [0.15, 0.2) is 0 Å². The van der Waals surface area contributed by atoms with E-state index in [2.05, 4.69) is 13.0 Å². The molecule has 0 saturated heterocycles. The summed E-state index contributed by atoms with van der Waals surface area (Å²) in [5.41, 5.74) is 3.04. The Bertz CT molecular complexity index is 754. The molecular weight excluding hydrogens is 276 g/mol. The average Bonchev–Trinajstić information content (AvgIpc) is 2.56. The summed E-state index contributed by atoms with van der Waals surface area (Å²) >= 11 is 0. The van der Waals surface area contributed by atoms with Crippen LogP contribution in [0.2, 0.25) is 0 Å². The van der Waals surface area contributed by atoms with Crippen molar-refractivity contribution >= 4 is 17.3 Å². The molecule has 0 amide bonds. The van der Waals surface area contributed by atoms with Crippen molar-refractivity contribution in [1.29, 1.82) is 0 Å². The quantitative estimate of drug-likeness (QED) is 0.539. The van der Waals surface area contributed by atoms with E-state index in [0.29, 0.717) is 23.3 Å². The van der Waals surface area contributed by atoms with Gasteiger partial charge >= 0.3 is 0 Å². The summed E-state index contributed by atoms with van der Waals surface area (Å²) in [7, 11) is 0. The Balaban J connectivity index is 1.80. The number of hydrogen-bond acceptors (Lipinski definition) is 3. The Morgan fingerprint density at radius 3 is 2.45 bits per heavy atom. The topological polar surface area (TPSA) is 43.4 Å². The number of benzene rings is 1. The van der Waals surface area contributed by atoms with E-state index in [9.17, 15) is 9.59 Å². The number of fused-ring (bicyclic) bond motifs is 2. The van der Waals surface area contributed by atoms with E-state index in [4.69, 9.17) is 4.74 Å². The molecule has 0 aromatic heterocycles. The lowest BCUT2D eigenvalue weighted by atomic mass is 9.76. The Kier molecular flexibility index (Phi) is 2.86. The predicted octanol–water partition coefficient (Wildman–Crippen LogP) is 3.84. The molecule has 3 heteroatoms. The third-order valence-electron chi connectivity index (χ3n) is 5.12.